The summed E-state index contributed by atoms with van der Waals surface area (Å²) in [5, 5.41) is 0. The van der Waals surface area contributed by atoms with Crippen molar-refractivity contribution in [1.82, 2.24) is 0 Å². The molecule has 0 spiro atoms. The average molecular weight is 334 g/mol. The number of Topliss-reactive ketones (excluding diaryl/α,β-unsaturated/α-hetero) is 1. The van der Waals surface area contributed by atoms with Crippen molar-refractivity contribution < 1.29 is 14.3 Å². The van der Waals surface area contributed by atoms with Crippen molar-refractivity contribution in [2.24, 2.45) is 0 Å². The molecule has 25 heavy (non-hydrogen) atoms. The van der Waals surface area contributed by atoms with Crippen LogP contribution in [0.3, 0.4) is 0 Å². The van der Waals surface area contributed by atoms with Crippen molar-refractivity contribution in [3.8, 4) is 11.5 Å². The van der Waals surface area contributed by atoms with E-state index in [2.05, 4.69) is 0 Å². The van der Waals surface area contributed by atoms with Crippen molar-refractivity contribution in [3.05, 3.63) is 70.8 Å². The fraction of sp³-hybridized carbons (Fsp3) is 0.227. The second kappa shape index (κ2) is 7.84. The number of ketones is 1. The molecule has 0 bridgehead atoms. The Labute approximate surface area is 148 Å². The van der Waals surface area contributed by atoms with Crippen molar-refractivity contribution >= 4 is 17.9 Å². The monoisotopic (exact) mass is 334 g/mol. The molecule has 3 rings (SSSR count). The van der Waals surface area contributed by atoms with Gasteiger partial charge in [0.2, 0.25) is 0 Å². The number of hydrogen-bond acceptors (Lipinski definition) is 3. The molecule has 0 N–H and O–H groups in total. The first-order valence-corrected chi connectivity index (χ1v) is 8.43. The maximum atomic E-state index is 12.8. The molecule has 0 unspecified atom stereocenters. The molecule has 0 radical (unpaired) electrons. The molecule has 1 aliphatic carbocycles. The lowest BCUT2D eigenvalue weighted by atomic mass is 9.87. The number of methoxy groups -OCH3 is 2. The number of allylic oxidation sites excluding steroid dienone is 2. The lowest BCUT2D eigenvalue weighted by Crippen LogP contribution is -2.12. The Morgan fingerprint density at radius 2 is 1.28 bits per heavy atom. The van der Waals surface area contributed by atoms with E-state index in [4.69, 9.17) is 9.47 Å². The highest BCUT2D eigenvalue weighted by Crippen LogP contribution is 2.29. The van der Waals surface area contributed by atoms with Crippen LogP contribution in [0.4, 0.5) is 0 Å². The van der Waals surface area contributed by atoms with Gasteiger partial charge in [-0.1, -0.05) is 24.3 Å². The Hall–Kier alpha value is -2.81. The second-order valence-electron chi connectivity index (χ2n) is 6.08. The van der Waals surface area contributed by atoms with E-state index in [1.165, 1.54) is 0 Å². The summed E-state index contributed by atoms with van der Waals surface area (Å²) in [6.07, 6.45) is 6.56. The molecule has 1 saturated carbocycles. The Morgan fingerprint density at radius 3 is 1.72 bits per heavy atom. The number of hydrogen-bond donors (Lipinski definition) is 0. The summed E-state index contributed by atoms with van der Waals surface area (Å²) in [7, 11) is 3.29. The van der Waals surface area contributed by atoms with Crippen LogP contribution in [0.5, 0.6) is 11.5 Å². The third-order valence-electron chi connectivity index (χ3n) is 4.34. The maximum absolute atomic E-state index is 12.8. The molecular formula is C22H22O3. The molecule has 0 heterocycles. The number of carbonyl (C=O) groups is 1. The molecular weight excluding hydrogens is 312 g/mol. The summed E-state index contributed by atoms with van der Waals surface area (Å²) >= 11 is 0. The van der Waals surface area contributed by atoms with Crippen molar-refractivity contribution in [1.29, 1.82) is 0 Å². The molecule has 0 atom stereocenters. The fourth-order valence-corrected chi connectivity index (χ4v) is 3.04. The minimum absolute atomic E-state index is 0.136. The first kappa shape index (κ1) is 17.0. The predicted octanol–water partition coefficient (Wildman–Crippen LogP) is 4.92. The van der Waals surface area contributed by atoms with Gasteiger partial charge in [-0.2, -0.15) is 0 Å². The van der Waals surface area contributed by atoms with Crippen LogP contribution in [-0.2, 0) is 4.79 Å². The molecule has 0 aliphatic heterocycles. The number of rotatable bonds is 4. The third-order valence-corrected chi connectivity index (χ3v) is 4.34. The van der Waals surface area contributed by atoms with Crippen LogP contribution in [0.1, 0.15) is 30.4 Å². The average Bonchev–Trinajstić information content (AvgIpc) is 2.65. The van der Waals surface area contributed by atoms with Crippen LogP contribution in [0.2, 0.25) is 0 Å². The van der Waals surface area contributed by atoms with Gasteiger partial charge in [-0.3, -0.25) is 4.79 Å². The molecule has 0 aromatic heterocycles. The molecule has 0 saturated heterocycles. The molecule has 1 aliphatic rings. The number of benzene rings is 2. The molecule has 0 amide bonds. The lowest BCUT2D eigenvalue weighted by molar-refractivity contribution is -0.112. The summed E-state index contributed by atoms with van der Waals surface area (Å²) in [6, 6.07) is 15.5. The molecule has 1 fully saturated rings. The smallest absolute Gasteiger partial charge is 0.185 e. The quantitative estimate of drug-likeness (QED) is 0.744. The lowest BCUT2D eigenvalue weighted by Gasteiger charge is -2.17. The van der Waals surface area contributed by atoms with E-state index >= 15 is 0 Å². The normalized spacial score (nSPS) is 17.8. The van der Waals surface area contributed by atoms with Gasteiger partial charge >= 0.3 is 0 Å². The number of carbonyl (C=O) groups excluding carboxylic acids is 1. The van der Waals surface area contributed by atoms with E-state index in [9.17, 15) is 4.79 Å². The summed E-state index contributed by atoms with van der Waals surface area (Å²) in [5.41, 5.74) is 3.69. The zero-order chi connectivity index (χ0) is 17.6. The van der Waals surface area contributed by atoms with Crippen molar-refractivity contribution in [2.45, 2.75) is 19.3 Å². The van der Waals surface area contributed by atoms with Gasteiger partial charge in [-0.25, -0.2) is 0 Å². The van der Waals surface area contributed by atoms with Gasteiger partial charge in [0.15, 0.2) is 5.78 Å². The zero-order valence-corrected chi connectivity index (χ0v) is 14.6. The molecule has 128 valence electrons. The summed E-state index contributed by atoms with van der Waals surface area (Å²) in [4.78, 5) is 12.8. The predicted molar refractivity (Wildman–Crippen MR) is 101 cm³/mol. The van der Waals surface area contributed by atoms with Gasteiger partial charge in [0.25, 0.3) is 0 Å². The summed E-state index contributed by atoms with van der Waals surface area (Å²) < 4.78 is 10.5. The SMILES string of the molecule is COc1cccc(/C=C2/CCC/C(=C\c3cccc(OC)c3)C2=O)c1. The molecule has 2 aromatic carbocycles. The fourth-order valence-electron chi connectivity index (χ4n) is 3.04. The van der Waals surface area contributed by atoms with E-state index in [0.29, 0.717) is 0 Å². The molecule has 3 heteroatoms. The van der Waals surface area contributed by atoms with Crippen LogP contribution in [0.25, 0.3) is 12.2 Å². The van der Waals surface area contributed by atoms with Crippen molar-refractivity contribution in [2.75, 3.05) is 14.2 Å². The first-order chi connectivity index (χ1) is 12.2. The van der Waals surface area contributed by atoms with Gasteiger partial charge in [-0.15, -0.1) is 0 Å². The summed E-state index contributed by atoms with van der Waals surface area (Å²) in [5.74, 6) is 1.73. The highest BCUT2D eigenvalue weighted by Gasteiger charge is 2.20. The Kier molecular flexibility index (Phi) is 5.34. The number of ether oxygens (including phenoxy) is 2. The van der Waals surface area contributed by atoms with E-state index in [1.54, 1.807) is 14.2 Å². The maximum Gasteiger partial charge on any atom is 0.185 e. The van der Waals surface area contributed by atoms with Crippen LogP contribution in [-0.4, -0.2) is 20.0 Å². The Bertz CT molecular complexity index is 763. The second-order valence-corrected chi connectivity index (χ2v) is 6.08. The van der Waals surface area contributed by atoms with Gasteiger partial charge < -0.3 is 9.47 Å². The third kappa shape index (κ3) is 4.18. The molecule has 3 nitrogen and oxygen atoms in total. The van der Waals surface area contributed by atoms with Crippen LogP contribution in [0, 0.1) is 0 Å². The Morgan fingerprint density at radius 1 is 0.800 bits per heavy atom. The molecule has 2 aromatic rings. The van der Waals surface area contributed by atoms with Gasteiger partial charge in [-0.05, 0) is 66.8 Å². The van der Waals surface area contributed by atoms with Crippen LogP contribution in [0.15, 0.2) is 59.7 Å². The van der Waals surface area contributed by atoms with Crippen LogP contribution < -0.4 is 9.47 Å². The van der Waals surface area contributed by atoms with Gasteiger partial charge in [0, 0.05) is 11.1 Å². The largest absolute Gasteiger partial charge is 0.497 e. The minimum Gasteiger partial charge on any atom is -0.497 e. The zero-order valence-electron chi connectivity index (χ0n) is 14.6. The first-order valence-electron chi connectivity index (χ1n) is 8.43. The van der Waals surface area contributed by atoms with Gasteiger partial charge in [0.05, 0.1) is 14.2 Å². The van der Waals surface area contributed by atoms with Crippen LogP contribution >= 0.6 is 0 Å². The van der Waals surface area contributed by atoms with E-state index in [1.807, 2.05) is 60.7 Å². The highest BCUT2D eigenvalue weighted by molar-refractivity contribution is 6.14. The van der Waals surface area contributed by atoms with E-state index in [-0.39, 0.29) is 5.78 Å². The summed E-state index contributed by atoms with van der Waals surface area (Å²) in [6.45, 7) is 0. The van der Waals surface area contributed by atoms with E-state index < -0.39 is 0 Å². The van der Waals surface area contributed by atoms with E-state index in [0.717, 1.165) is 53.0 Å². The topological polar surface area (TPSA) is 35.5 Å². The highest BCUT2D eigenvalue weighted by atomic mass is 16.5. The standard InChI is InChI=1S/C22H22O3/c1-24-20-10-3-6-16(14-20)12-18-8-5-9-19(22(18)23)13-17-7-4-11-21(15-17)25-2/h3-4,6-7,10-15H,5,8-9H2,1-2H3/b18-12-,19-13+. The van der Waals surface area contributed by atoms with Crippen molar-refractivity contribution in [3.63, 3.8) is 0 Å². The van der Waals surface area contributed by atoms with Gasteiger partial charge in [0.1, 0.15) is 11.5 Å². The minimum atomic E-state index is 0.136. The Balaban J connectivity index is 1.87.